The number of rotatable bonds is 3. The Bertz CT molecular complexity index is 830. The van der Waals surface area contributed by atoms with E-state index in [9.17, 15) is 10.2 Å². The van der Waals surface area contributed by atoms with Gasteiger partial charge in [-0.15, -0.1) is 0 Å². The number of aromatic nitrogens is 2. The molecular weight excluding hydrogens is 356 g/mol. The fourth-order valence-electron chi connectivity index (χ4n) is 4.23. The van der Waals surface area contributed by atoms with E-state index < -0.39 is 5.60 Å². The number of benzene rings is 1. The van der Waals surface area contributed by atoms with Gasteiger partial charge >= 0.3 is 0 Å². The second kappa shape index (κ2) is 7.22. The normalized spacial score (nSPS) is 24.3. The Morgan fingerprint density at radius 2 is 1.82 bits per heavy atom. The van der Waals surface area contributed by atoms with Crippen molar-refractivity contribution in [2.24, 2.45) is 0 Å². The first-order valence-corrected chi connectivity index (χ1v) is 9.86. The van der Waals surface area contributed by atoms with Gasteiger partial charge in [0, 0.05) is 37.0 Å². The molecule has 28 heavy (non-hydrogen) atoms. The predicted molar refractivity (Wildman–Crippen MR) is 108 cm³/mol. The molecule has 0 radical (unpaired) electrons. The first kappa shape index (κ1) is 19.0. The van der Waals surface area contributed by atoms with Gasteiger partial charge in [0.25, 0.3) is 0 Å². The highest BCUT2D eigenvalue weighted by atomic mass is 16.5. The zero-order valence-corrected chi connectivity index (χ0v) is 16.5. The minimum Gasteiger partial charge on any atom is -0.508 e. The van der Waals surface area contributed by atoms with Gasteiger partial charge in [-0.1, -0.05) is 0 Å². The van der Waals surface area contributed by atoms with Crippen molar-refractivity contribution in [3.05, 3.63) is 36.0 Å². The minimum absolute atomic E-state index is 0.215. The second-order valence-corrected chi connectivity index (χ2v) is 8.31. The number of phenolic OH excluding ortho intramolecular Hbond substituents is 1. The van der Waals surface area contributed by atoms with E-state index >= 15 is 0 Å². The van der Waals surface area contributed by atoms with E-state index in [1.807, 2.05) is 19.9 Å². The SMILES string of the molecule is Cc1cc(N2CCC3(CC2)CC(C)(O)CCO3)nc(Nc2ccc(O)cc2)n1. The molecular formula is C21H28N4O3. The number of ether oxygens (including phenoxy) is 1. The molecule has 4 rings (SSSR count). The van der Waals surface area contributed by atoms with Crippen LogP contribution in [0, 0.1) is 6.92 Å². The van der Waals surface area contributed by atoms with Crippen LogP contribution in [-0.4, -0.2) is 51.1 Å². The number of hydrogen-bond donors (Lipinski definition) is 3. The Hall–Kier alpha value is -2.38. The van der Waals surface area contributed by atoms with Gasteiger partial charge in [0.2, 0.25) is 5.95 Å². The molecule has 3 heterocycles. The van der Waals surface area contributed by atoms with Gasteiger partial charge in [0.05, 0.1) is 17.8 Å². The summed E-state index contributed by atoms with van der Waals surface area (Å²) < 4.78 is 6.11. The van der Waals surface area contributed by atoms with Crippen LogP contribution in [0.3, 0.4) is 0 Å². The van der Waals surface area contributed by atoms with Gasteiger partial charge < -0.3 is 25.2 Å². The lowest BCUT2D eigenvalue weighted by Crippen LogP contribution is -2.53. The van der Waals surface area contributed by atoms with Gasteiger partial charge in [-0.05, 0) is 57.4 Å². The number of phenols is 1. The van der Waals surface area contributed by atoms with Gasteiger partial charge in [-0.25, -0.2) is 4.98 Å². The summed E-state index contributed by atoms with van der Waals surface area (Å²) in [4.78, 5) is 11.4. The molecule has 1 aromatic heterocycles. The maximum atomic E-state index is 10.5. The van der Waals surface area contributed by atoms with Gasteiger partial charge in [-0.3, -0.25) is 0 Å². The molecule has 7 nitrogen and oxygen atoms in total. The number of nitrogens with one attached hydrogen (secondary N) is 1. The number of aryl methyl sites for hydroxylation is 1. The first-order valence-electron chi connectivity index (χ1n) is 9.86. The van der Waals surface area contributed by atoms with E-state index in [-0.39, 0.29) is 11.4 Å². The average Bonchev–Trinajstić information content (AvgIpc) is 2.63. The van der Waals surface area contributed by atoms with Crippen molar-refractivity contribution in [2.75, 3.05) is 29.9 Å². The smallest absolute Gasteiger partial charge is 0.229 e. The molecule has 0 bridgehead atoms. The Labute approximate surface area is 165 Å². The summed E-state index contributed by atoms with van der Waals surface area (Å²) in [5, 5.41) is 23.1. The van der Waals surface area contributed by atoms with E-state index in [4.69, 9.17) is 4.74 Å². The fraction of sp³-hybridized carbons (Fsp3) is 0.524. The first-order chi connectivity index (χ1) is 13.3. The molecule has 2 aliphatic heterocycles. The molecule has 1 spiro atoms. The standard InChI is InChI=1S/C21H28N4O3/c1-15-13-18(24-19(22-15)23-16-3-5-17(26)6-4-16)25-10-7-21(8-11-25)14-20(2,27)9-12-28-21/h3-6,13,26-27H,7-12,14H2,1-2H3,(H,22,23,24). The lowest BCUT2D eigenvalue weighted by molar-refractivity contribution is -0.162. The van der Waals surface area contributed by atoms with Gasteiger partial charge in [0.15, 0.2) is 0 Å². The van der Waals surface area contributed by atoms with Crippen molar-refractivity contribution < 1.29 is 14.9 Å². The van der Waals surface area contributed by atoms with Crippen LogP contribution in [-0.2, 0) is 4.74 Å². The van der Waals surface area contributed by atoms with Gasteiger partial charge in [-0.2, -0.15) is 4.98 Å². The van der Waals surface area contributed by atoms with Crippen molar-refractivity contribution in [3.8, 4) is 5.75 Å². The van der Waals surface area contributed by atoms with Crippen molar-refractivity contribution in [3.63, 3.8) is 0 Å². The third-order valence-electron chi connectivity index (χ3n) is 5.71. The summed E-state index contributed by atoms with van der Waals surface area (Å²) in [7, 11) is 0. The van der Waals surface area contributed by atoms with Crippen molar-refractivity contribution >= 4 is 17.5 Å². The Morgan fingerprint density at radius 1 is 1.11 bits per heavy atom. The van der Waals surface area contributed by atoms with E-state index in [0.29, 0.717) is 25.4 Å². The highest BCUT2D eigenvalue weighted by Crippen LogP contribution is 2.40. The lowest BCUT2D eigenvalue weighted by Gasteiger charge is -2.48. The summed E-state index contributed by atoms with van der Waals surface area (Å²) >= 11 is 0. The maximum absolute atomic E-state index is 10.5. The average molecular weight is 384 g/mol. The van der Waals surface area contributed by atoms with Crippen LogP contribution in [0.15, 0.2) is 30.3 Å². The zero-order chi connectivity index (χ0) is 19.8. The summed E-state index contributed by atoms with van der Waals surface area (Å²) in [5.41, 5.74) is 0.869. The number of aromatic hydroxyl groups is 1. The van der Waals surface area contributed by atoms with Crippen molar-refractivity contribution in [2.45, 2.75) is 50.7 Å². The third kappa shape index (κ3) is 4.20. The molecule has 150 valence electrons. The quantitative estimate of drug-likeness (QED) is 0.700. The van der Waals surface area contributed by atoms with Crippen LogP contribution in [0.5, 0.6) is 5.75 Å². The number of aliphatic hydroxyl groups is 1. The molecule has 1 atom stereocenters. The number of anilines is 3. The summed E-state index contributed by atoms with van der Waals surface area (Å²) in [5.74, 6) is 1.66. The molecule has 0 aliphatic carbocycles. The number of nitrogens with zero attached hydrogens (tertiary/aromatic N) is 3. The molecule has 7 heteroatoms. The monoisotopic (exact) mass is 384 g/mol. The number of piperidine rings is 1. The van der Waals surface area contributed by atoms with E-state index in [1.165, 1.54) is 0 Å². The van der Waals surface area contributed by atoms with E-state index in [1.54, 1.807) is 24.3 Å². The molecule has 2 saturated heterocycles. The minimum atomic E-state index is -0.632. The van der Waals surface area contributed by atoms with Crippen LogP contribution in [0.1, 0.15) is 38.3 Å². The third-order valence-corrected chi connectivity index (χ3v) is 5.71. The second-order valence-electron chi connectivity index (χ2n) is 8.31. The number of hydrogen-bond acceptors (Lipinski definition) is 7. The highest BCUT2D eigenvalue weighted by molar-refractivity contribution is 5.56. The molecule has 0 amide bonds. The predicted octanol–water partition coefficient (Wildman–Crippen LogP) is 3.13. The van der Waals surface area contributed by atoms with Crippen LogP contribution in [0.2, 0.25) is 0 Å². The molecule has 2 aromatic rings. The van der Waals surface area contributed by atoms with Crippen molar-refractivity contribution in [1.29, 1.82) is 0 Å². The molecule has 0 saturated carbocycles. The summed E-state index contributed by atoms with van der Waals surface area (Å²) in [6, 6.07) is 8.83. The van der Waals surface area contributed by atoms with Crippen LogP contribution in [0.4, 0.5) is 17.5 Å². The van der Waals surface area contributed by atoms with Crippen LogP contribution >= 0.6 is 0 Å². The van der Waals surface area contributed by atoms with Crippen LogP contribution < -0.4 is 10.2 Å². The van der Waals surface area contributed by atoms with Crippen molar-refractivity contribution in [1.82, 2.24) is 9.97 Å². The molecule has 2 fully saturated rings. The highest BCUT2D eigenvalue weighted by Gasteiger charge is 2.44. The molecule has 1 aromatic carbocycles. The van der Waals surface area contributed by atoms with Crippen LogP contribution in [0.25, 0.3) is 0 Å². The largest absolute Gasteiger partial charge is 0.508 e. The van der Waals surface area contributed by atoms with E-state index in [0.717, 1.165) is 43.1 Å². The maximum Gasteiger partial charge on any atom is 0.229 e. The summed E-state index contributed by atoms with van der Waals surface area (Å²) in [6.45, 7) is 6.18. The van der Waals surface area contributed by atoms with Gasteiger partial charge in [0.1, 0.15) is 11.6 Å². The topological polar surface area (TPSA) is 90.7 Å². The molecule has 3 N–H and O–H groups in total. The zero-order valence-electron chi connectivity index (χ0n) is 16.5. The Kier molecular flexibility index (Phi) is 4.89. The molecule has 1 unspecified atom stereocenters. The Balaban J connectivity index is 1.46. The van der Waals surface area contributed by atoms with E-state index in [2.05, 4.69) is 20.2 Å². The molecule has 2 aliphatic rings. The Morgan fingerprint density at radius 3 is 2.50 bits per heavy atom. The summed E-state index contributed by atoms with van der Waals surface area (Å²) in [6.07, 6.45) is 3.17. The lowest BCUT2D eigenvalue weighted by atomic mass is 9.78. The fourth-order valence-corrected chi connectivity index (χ4v) is 4.23.